The van der Waals surface area contributed by atoms with Gasteiger partial charge in [-0.3, -0.25) is 14.5 Å². The van der Waals surface area contributed by atoms with Crippen LogP contribution in [0.25, 0.3) is 6.08 Å². The molecule has 10 heteroatoms. The second-order valence-corrected chi connectivity index (χ2v) is 9.17. The summed E-state index contributed by atoms with van der Waals surface area (Å²) in [7, 11) is 2.92. The van der Waals surface area contributed by atoms with Crippen molar-refractivity contribution in [1.29, 1.82) is 0 Å². The summed E-state index contributed by atoms with van der Waals surface area (Å²) < 4.78 is 29.8. The number of amides is 2. The van der Waals surface area contributed by atoms with E-state index in [1.807, 2.05) is 0 Å². The fraction of sp³-hybridized carbons (Fsp3) is 0.385. The zero-order chi connectivity index (χ0) is 25.8. The molecule has 1 N–H and O–H groups in total. The summed E-state index contributed by atoms with van der Waals surface area (Å²) in [5, 5.41) is 2.95. The fourth-order valence-corrected chi connectivity index (χ4v) is 4.94. The van der Waals surface area contributed by atoms with Crippen LogP contribution in [-0.4, -0.2) is 74.2 Å². The molecule has 192 valence electrons. The van der Waals surface area contributed by atoms with Crippen LogP contribution in [-0.2, 0) is 20.9 Å². The van der Waals surface area contributed by atoms with Crippen molar-refractivity contribution < 1.29 is 28.2 Å². The first-order valence-electron chi connectivity index (χ1n) is 11.6. The number of ether oxygens (including phenoxy) is 3. The number of benzene rings is 2. The lowest BCUT2D eigenvalue weighted by atomic mass is 10.0. The minimum atomic E-state index is -0.305. The number of nitrogens with one attached hydrogen (secondary N) is 1. The van der Waals surface area contributed by atoms with Gasteiger partial charge >= 0.3 is 0 Å². The van der Waals surface area contributed by atoms with Gasteiger partial charge in [0, 0.05) is 38.2 Å². The topological polar surface area (TPSA) is 80.3 Å². The van der Waals surface area contributed by atoms with Gasteiger partial charge in [-0.1, -0.05) is 23.7 Å². The molecule has 2 aromatic carbocycles. The van der Waals surface area contributed by atoms with Gasteiger partial charge in [-0.25, -0.2) is 4.39 Å². The molecule has 2 aliphatic heterocycles. The van der Waals surface area contributed by atoms with Crippen LogP contribution in [0.2, 0.25) is 5.02 Å². The van der Waals surface area contributed by atoms with E-state index in [9.17, 15) is 14.0 Å². The van der Waals surface area contributed by atoms with E-state index in [0.29, 0.717) is 49.8 Å². The van der Waals surface area contributed by atoms with Crippen molar-refractivity contribution >= 4 is 35.2 Å². The molecule has 0 aromatic heterocycles. The second kappa shape index (κ2) is 11.3. The Hall–Kier alpha value is -3.14. The molecule has 2 bridgehead atoms. The van der Waals surface area contributed by atoms with Crippen LogP contribution in [0.3, 0.4) is 0 Å². The number of carbonyl (C=O) groups is 2. The number of halogens is 2. The number of piperazine rings is 1. The van der Waals surface area contributed by atoms with E-state index in [4.69, 9.17) is 25.8 Å². The summed E-state index contributed by atoms with van der Waals surface area (Å²) in [6.45, 7) is 4.09. The minimum Gasteiger partial charge on any atom is -0.495 e. The molecule has 0 saturated carbocycles. The molecule has 2 fully saturated rings. The van der Waals surface area contributed by atoms with Gasteiger partial charge in [0.1, 0.15) is 16.6 Å². The molecule has 4 rings (SSSR count). The number of rotatable bonds is 7. The smallest absolute Gasteiger partial charge is 0.246 e. The summed E-state index contributed by atoms with van der Waals surface area (Å²) in [5.41, 5.74) is 1.90. The Labute approximate surface area is 214 Å². The summed E-state index contributed by atoms with van der Waals surface area (Å²) in [4.78, 5) is 29.1. The van der Waals surface area contributed by atoms with Crippen molar-refractivity contribution in [3.63, 3.8) is 0 Å². The number of carbonyl (C=O) groups excluding carboxylic acids is 2. The number of fused-ring (bicyclic) bond motifs is 2. The molecule has 2 aromatic rings. The highest BCUT2D eigenvalue weighted by Gasteiger charge is 2.39. The highest BCUT2D eigenvalue weighted by molar-refractivity contribution is 6.34. The van der Waals surface area contributed by atoms with Gasteiger partial charge in [-0.05, 0) is 29.8 Å². The van der Waals surface area contributed by atoms with Crippen LogP contribution in [0.1, 0.15) is 18.1 Å². The van der Waals surface area contributed by atoms with E-state index >= 15 is 0 Å². The van der Waals surface area contributed by atoms with Crippen molar-refractivity contribution in [1.82, 2.24) is 9.80 Å². The Morgan fingerprint density at radius 1 is 1.17 bits per heavy atom. The van der Waals surface area contributed by atoms with Crippen LogP contribution < -0.4 is 14.8 Å². The number of hydrogen-bond donors (Lipinski definition) is 1. The molecular formula is C26H29ClFN3O5. The average Bonchev–Trinajstić information content (AvgIpc) is 2.84. The molecule has 0 aliphatic carbocycles. The highest BCUT2D eigenvalue weighted by Crippen LogP contribution is 2.43. The number of methoxy groups -OCH3 is 2. The predicted octanol–water partition coefficient (Wildman–Crippen LogP) is 3.58. The highest BCUT2D eigenvalue weighted by atomic mass is 35.5. The van der Waals surface area contributed by atoms with Crippen LogP contribution >= 0.6 is 11.6 Å². The minimum absolute atomic E-state index is 0.0329. The molecule has 8 nitrogen and oxygen atoms in total. The van der Waals surface area contributed by atoms with Crippen LogP contribution in [0, 0.1) is 5.82 Å². The van der Waals surface area contributed by atoms with Crippen LogP contribution in [0.5, 0.6) is 11.5 Å². The summed E-state index contributed by atoms with van der Waals surface area (Å²) in [6, 6.07) is 8.20. The third kappa shape index (κ3) is 5.64. The van der Waals surface area contributed by atoms with E-state index in [0.717, 1.165) is 5.56 Å². The summed E-state index contributed by atoms with van der Waals surface area (Å²) >= 11 is 6.35. The van der Waals surface area contributed by atoms with Gasteiger partial charge in [0.25, 0.3) is 0 Å². The van der Waals surface area contributed by atoms with Crippen molar-refractivity contribution in [2.75, 3.05) is 45.8 Å². The van der Waals surface area contributed by atoms with Gasteiger partial charge in [0.05, 0.1) is 45.2 Å². The maximum absolute atomic E-state index is 13.3. The van der Waals surface area contributed by atoms with E-state index in [1.165, 1.54) is 39.4 Å². The summed E-state index contributed by atoms with van der Waals surface area (Å²) in [6.07, 6.45) is 3.09. The largest absolute Gasteiger partial charge is 0.495 e. The maximum atomic E-state index is 13.3. The first kappa shape index (κ1) is 25.9. The third-order valence-electron chi connectivity index (χ3n) is 6.36. The SMILES string of the molecule is COc1cc(C=CC(=O)N2CC3COCC(C2)N3Cc2ccc(F)cc2)c(NC(C)=O)c(OC)c1Cl. The van der Waals surface area contributed by atoms with Gasteiger partial charge in [0.2, 0.25) is 11.8 Å². The zero-order valence-electron chi connectivity index (χ0n) is 20.4. The van der Waals surface area contributed by atoms with Gasteiger partial charge in [-0.15, -0.1) is 0 Å². The van der Waals surface area contributed by atoms with Crippen molar-refractivity contribution in [2.45, 2.75) is 25.6 Å². The Morgan fingerprint density at radius 3 is 2.42 bits per heavy atom. The number of anilines is 1. The predicted molar refractivity (Wildman–Crippen MR) is 135 cm³/mol. The van der Waals surface area contributed by atoms with E-state index in [1.54, 1.807) is 29.2 Å². The Bertz CT molecular complexity index is 1140. The first-order chi connectivity index (χ1) is 17.3. The lowest BCUT2D eigenvalue weighted by Crippen LogP contribution is -2.64. The lowest BCUT2D eigenvalue weighted by molar-refractivity contribution is -0.141. The maximum Gasteiger partial charge on any atom is 0.246 e. The molecule has 0 spiro atoms. The van der Waals surface area contributed by atoms with E-state index < -0.39 is 0 Å². The van der Waals surface area contributed by atoms with Crippen molar-refractivity contribution in [3.05, 3.63) is 58.4 Å². The molecule has 2 atom stereocenters. The quantitative estimate of drug-likeness (QED) is 0.566. The van der Waals surface area contributed by atoms with Gasteiger partial charge in [0.15, 0.2) is 5.75 Å². The normalized spacial score (nSPS) is 19.9. The third-order valence-corrected chi connectivity index (χ3v) is 6.72. The number of hydrogen-bond acceptors (Lipinski definition) is 6. The standard InChI is InChI=1S/C26H29ClFN3O5/c1-16(32)29-25-18(10-22(34-2)24(27)26(25)35-3)6-9-23(33)30-12-20-14-36-15-21(13-30)31(20)11-17-4-7-19(28)8-5-17/h4-10,20-21H,11-15H2,1-3H3,(H,29,32). The molecule has 2 heterocycles. The van der Waals surface area contributed by atoms with Crippen LogP contribution in [0.4, 0.5) is 10.1 Å². The average molecular weight is 518 g/mol. The molecule has 0 radical (unpaired) electrons. The Morgan fingerprint density at radius 2 is 1.83 bits per heavy atom. The van der Waals surface area contributed by atoms with Gasteiger partial charge < -0.3 is 24.4 Å². The molecule has 2 unspecified atom stereocenters. The molecule has 2 amide bonds. The fourth-order valence-electron chi connectivity index (χ4n) is 4.64. The summed E-state index contributed by atoms with van der Waals surface area (Å²) in [5.74, 6) is -0.118. The number of morpholine rings is 1. The van der Waals surface area contributed by atoms with Crippen LogP contribution in [0.15, 0.2) is 36.4 Å². The Balaban J connectivity index is 1.52. The lowest BCUT2D eigenvalue weighted by Gasteiger charge is -2.49. The molecule has 2 saturated heterocycles. The first-order valence-corrected chi connectivity index (χ1v) is 12.0. The molecule has 36 heavy (non-hydrogen) atoms. The van der Waals surface area contributed by atoms with E-state index in [-0.39, 0.29) is 40.5 Å². The Kier molecular flexibility index (Phi) is 8.13. The molecule has 2 aliphatic rings. The zero-order valence-corrected chi connectivity index (χ0v) is 21.2. The number of nitrogens with zero attached hydrogens (tertiary/aromatic N) is 2. The molecular weight excluding hydrogens is 489 g/mol. The second-order valence-electron chi connectivity index (χ2n) is 8.79. The van der Waals surface area contributed by atoms with Crippen molar-refractivity contribution in [3.8, 4) is 11.5 Å². The van der Waals surface area contributed by atoms with E-state index in [2.05, 4.69) is 10.2 Å². The monoisotopic (exact) mass is 517 g/mol. The van der Waals surface area contributed by atoms with Crippen molar-refractivity contribution in [2.24, 2.45) is 0 Å². The van der Waals surface area contributed by atoms with Gasteiger partial charge in [-0.2, -0.15) is 0 Å².